The molecule has 0 saturated carbocycles. The van der Waals surface area contributed by atoms with Gasteiger partial charge in [-0.3, -0.25) is 0 Å². The Labute approximate surface area is 97.3 Å². The number of rotatable bonds is 4. The molecular weight excluding hydrogens is 198 g/mol. The van der Waals surface area contributed by atoms with Crippen LogP contribution >= 0.6 is 0 Å². The molecule has 1 heterocycles. The number of carbonyl (C=O) groups is 1. The summed E-state index contributed by atoms with van der Waals surface area (Å²) < 4.78 is 0. The summed E-state index contributed by atoms with van der Waals surface area (Å²) in [6.45, 7) is 3.92. The molecule has 2 nitrogen and oxygen atoms in total. The first-order chi connectivity index (χ1) is 7.75. The number of para-hydroxylation sites is 1. The molecule has 16 heavy (non-hydrogen) atoms. The smallest absolute Gasteiger partial charge is 0.129 e. The van der Waals surface area contributed by atoms with Gasteiger partial charge in [-0.15, -0.1) is 0 Å². The van der Waals surface area contributed by atoms with Crippen LogP contribution in [0.15, 0.2) is 30.3 Å². The standard InChI is InChI=1S/C14H19NO/c1-12(16)7-8-13-9-10-15(11-13)14-5-3-2-4-6-14/h2-6,13H,7-11H2,1H3. The number of hydrogen-bond donors (Lipinski definition) is 0. The Bertz CT molecular complexity index is 347. The zero-order chi connectivity index (χ0) is 11.4. The molecule has 1 aliphatic heterocycles. The number of hydrogen-bond acceptors (Lipinski definition) is 2. The summed E-state index contributed by atoms with van der Waals surface area (Å²) in [7, 11) is 0. The van der Waals surface area contributed by atoms with Crippen LogP contribution in [0.4, 0.5) is 5.69 Å². The Kier molecular flexibility index (Phi) is 3.60. The van der Waals surface area contributed by atoms with Crippen LogP contribution in [0, 0.1) is 5.92 Å². The van der Waals surface area contributed by atoms with E-state index < -0.39 is 0 Å². The molecule has 0 spiro atoms. The van der Waals surface area contributed by atoms with Crippen LogP contribution < -0.4 is 4.90 Å². The van der Waals surface area contributed by atoms with Gasteiger partial charge in [-0.05, 0) is 37.8 Å². The zero-order valence-electron chi connectivity index (χ0n) is 9.86. The molecule has 1 fully saturated rings. The molecule has 2 rings (SSSR count). The molecule has 86 valence electrons. The Morgan fingerprint density at radius 2 is 2.12 bits per heavy atom. The number of anilines is 1. The van der Waals surface area contributed by atoms with E-state index in [2.05, 4.69) is 29.2 Å². The highest BCUT2D eigenvalue weighted by Crippen LogP contribution is 2.26. The SMILES string of the molecule is CC(=O)CCC1CCN(c2ccccc2)C1. The number of carbonyl (C=O) groups excluding carboxylic acids is 1. The molecule has 0 aliphatic carbocycles. The van der Waals surface area contributed by atoms with Crippen molar-refractivity contribution in [3.8, 4) is 0 Å². The third-order valence-electron chi connectivity index (χ3n) is 3.31. The van der Waals surface area contributed by atoms with E-state index in [0.29, 0.717) is 11.7 Å². The second kappa shape index (κ2) is 5.15. The lowest BCUT2D eigenvalue weighted by Gasteiger charge is -2.18. The van der Waals surface area contributed by atoms with Gasteiger partial charge in [0, 0.05) is 25.2 Å². The lowest BCUT2D eigenvalue weighted by atomic mass is 10.0. The van der Waals surface area contributed by atoms with Gasteiger partial charge in [0.1, 0.15) is 5.78 Å². The number of ketones is 1. The highest BCUT2D eigenvalue weighted by Gasteiger charge is 2.22. The number of Topliss-reactive ketones (excluding diaryl/α,β-unsaturated/α-hetero) is 1. The molecular formula is C14H19NO. The zero-order valence-corrected chi connectivity index (χ0v) is 9.86. The van der Waals surface area contributed by atoms with Gasteiger partial charge in [0.25, 0.3) is 0 Å². The van der Waals surface area contributed by atoms with Gasteiger partial charge in [0.05, 0.1) is 0 Å². The van der Waals surface area contributed by atoms with Crippen molar-refractivity contribution in [2.24, 2.45) is 5.92 Å². The summed E-state index contributed by atoms with van der Waals surface area (Å²) in [4.78, 5) is 13.4. The predicted octanol–water partition coefficient (Wildman–Crippen LogP) is 2.88. The fourth-order valence-corrected chi connectivity index (χ4v) is 2.35. The maximum atomic E-state index is 10.9. The molecule has 1 saturated heterocycles. The van der Waals surface area contributed by atoms with Crippen LogP contribution in [0.5, 0.6) is 0 Å². The summed E-state index contributed by atoms with van der Waals surface area (Å²) in [5.41, 5.74) is 1.31. The maximum absolute atomic E-state index is 10.9. The minimum Gasteiger partial charge on any atom is -0.371 e. The van der Waals surface area contributed by atoms with E-state index in [4.69, 9.17) is 0 Å². The largest absolute Gasteiger partial charge is 0.371 e. The Hall–Kier alpha value is -1.31. The first-order valence-electron chi connectivity index (χ1n) is 6.05. The molecule has 1 aromatic carbocycles. The van der Waals surface area contributed by atoms with E-state index in [9.17, 15) is 4.79 Å². The Morgan fingerprint density at radius 1 is 1.38 bits per heavy atom. The Balaban J connectivity index is 1.86. The highest BCUT2D eigenvalue weighted by molar-refractivity contribution is 5.75. The van der Waals surface area contributed by atoms with Crippen LogP contribution in [0.2, 0.25) is 0 Å². The van der Waals surface area contributed by atoms with E-state index in [1.165, 1.54) is 12.1 Å². The quantitative estimate of drug-likeness (QED) is 0.773. The van der Waals surface area contributed by atoms with Gasteiger partial charge < -0.3 is 9.69 Å². The fraction of sp³-hybridized carbons (Fsp3) is 0.500. The lowest BCUT2D eigenvalue weighted by molar-refractivity contribution is -0.117. The monoisotopic (exact) mass is 217 g/mol. The molecule has 0 radical (unpaired) electrons. The van der Waals surface area contributed by atoms with E-state index in [0.717, 1.165) is 25.9 Å². The molecule has 0 bridgehead atoms. The van der Waals surface area contributed by atoms with Crippen LogP contribution in [-0.4, -0.2) is 18.9 Å². The number of benzene rings is 1. The van der Waals surface area contributed by atoms with Crippen molar-refractivity contribution in [2.75, 3.05) is 18.0 Å². The van der Waals surface area contributed by atoms with Crippen molar-refractivity contribution in [1.29, 1.82) is 0 Å². The fourth-order valence-electron chi connectivity index (χ4n) is 2.35. The summed E-state index contributed by atoms with van der Waals surface area (Å²) >= 11 is 0. The van der Waals surface area contributed by atoms with Gasteiger partial charge in [0.2, 0.25) is 0 Å². The van der Waals surface area contributed by atoms with E-state index in [1.807, 2.05) is 6.07 Å². The minimum absolute atomic E-state index is 0.318. The van der Waals surface area contributed by atoms with Crippen molar-refractivity contribution < 1.29 is 4.79 Å². The normalized spacial score (nSPS) is 20.1. The van der Waals surface area contributed by atoms with Gasteiger partial charge in [-0.25, -0.2) is 0 Å². The topological polar surface area (TPSA) is 20.3 Å². The van der Waals surface area contributed by atoms with Gasteiger partial charge >= 0.3 is 0 Å². The first kappa shape index (κ1) is 11.2. The van der Waals surface area contributed by atoms with Crippen molar-refractivity contribution in [3.63, 3.8) is 0 Å². The second-order valence-corrected chi connectivity index (χ2v) is 4.68. The molecule has 1 aromatic rings. The van der Waals surface area contributed by atoms with Gasteiger partial charge in [-0.1, -0.05) is 18.2 Å². The molecule has 1 unspecified atom stereocenters. The average Bonchev–Trinajstić information content (AvgIpc) is 2.76. The molecule has 2 heteroatoms. The maximum Gasteiger partial charge on any atom is 0.129 e. The first-order valence-corrected chi connectivity index (χ1v) is 6.05. The lowest BCUT2D eigenvalue weighted by Crippen LogP contribution is -2.19. The van der Waals surface area contributed by atoms with Crippen LogP contribution in [0.25, 0.3) is 0 Å². The molecule has 1 aliphatic rings. The summed E-state index contributed by atoms with van der Waals surface area (Å²) in [5.74, 6) is 1.02. The molecule has 0 N–H and O–H groups in total. The third-order valence-corrected chi connectivity index (χ3v) is 3.31. The average molecular weight is 217 g/mol. The molecule has 0 aromatic heterocycles. The molecule has 0 amide bonds. The van der Waals surface area contributed by atoms with E-state index in [-0.39, 0.29) is 0 Å². The van der Waals surface area contributed by atoms with Crippen LogP contribution in [0.1, 0.15) is 26.2 Å². The Morgan fingerprint density at radius 3 is 2.81 bits per heavy atom. The number of nitrogens with zero attached hydrogens (tertiary/aromatic N) is 1. The highest BCUT2D eigenvalue weighted by atomic mass is 16.1. The van der Waals surface area contributed by atoms with Gasteiger partial charge in [-0.2, -0.15) is 0 Å². The molecule has 1 atom stereocenters. The summed E-state index contributed by atoms with van der Waals surface area (Å²) in [5, 5.41) is 0. The summed E-state index contributed by atoms with van der Waals surface area (Å²) in [6.07, 6.45) is 3.02. The minimum atomic E-state index is 0.318. The van der Waals surface area contributed by atoms with Crippen molar-refractivity contribution in [2.45, 2.75) is 26.2 Å². The van der Waals surface area contributed by atoms with E-state index >= 15 is 0 Å². The van der Waals surface area contributed by atoms with Crippen molar-refractivity contribution in [3.05, 3.63) is 30.3 Å². The third kappa shape index (κ3) is 2.84. The van der Waals surface area contributed by atoms with Crippen molar-refractivity contribution in [1.82, 2.24) is 0 Å². The van der Waals surface area contributed by atoms with Crippen molar-refractivity contribution >= 4 is 11.5 Å². The predicted molar refractivity (Wildman–Crippen MR) is 66.7 cm³/mol. The van der Waals surface area contributed by atoms with Crippen LogP contribution in [0.3, 0.4) is 0 Å². The van der Waals surface area contributed by atoms with Gasteiger partial charge in [0.15, 0.2) is 0 Å². The second-order valence-electron chi connectivity index (χ2n) is 4.68. The van der Waals surface area contributed by atoms with E-state index in [1.54, 1.807) is 6.92 Å². The summed E-state index contributed by atoms with van der Waals surface area (Å²) in [6, 6.07) is 10.5. The van der Waals surface area contributed by atoms with Crippen LogP contribution in [-0.2, 0) is 4.79 Å².